The molecule has 0 saturated heterocycles. The van der Waals surface area contributed by atoms with E-state index in [-0.39, 0.29) is 24.2 Å². The van der Waals surface area contributed by atoms with Crippen LogP contribution in [0.5, 0.6) is 5.75 Å². The van der Waals surface area contributed by atoms with E-state index in [2.05, 4.69) is 32.3 Å². The number of methoxy groups -OCH3 is 1. The number of benzene rings is 3. The number of unbranched alkanes of at least 4 members (excludes halogenated alkanes) is 15. The van der Waals surface area contributed by atoms with Gasteiger partial charge in [-0.05, 0) is 102 Å². The molecular formula is C52H78N6O7. The summed E-state index contributed by atoms with van der Waals surface area (Å²) in [6.45, 7) is 15.6. The van der Waals surface area contributed by atoms with Crippen molar-refractivity contribution in [1.82, 2.24) is 0 Å². The van der Waals surface area contributed by atoms with Gasteiger partial charge in [-0.2, -0.15) is 15.3 Å². The number of esters is 2. The molecule has 0 amide bonds. The van der Waals surface area contributed by atoms with Gasteiger partial charge in [-0.25, -0.2) is 0 Å². The summed E-state index contributed by atoms with van der Waals surface area (Å²) >= 11 is 0. The quantitative estimate of drug-likeness (QED) is 0.0192. The van der Waals surface area contributed by atoms with Crippen LogP contribution in [0.2, 0.25) is 0 Å². The summed E-state index contributed by atoms with van der Waals surface area (Å²) in [5.41, 5.74) is 2.28. The van der Waals surface area contributed by atoms with Gasteiger partial charge in [0.05, 0.1) is 53.1 Å². The minimum Gasteiger partial charge on any atom is -0.494 e. The minimum absolute atomic E-state index is 0.0229. The van der Waals surface area contributed by atoms with Crippen LogP contribution in [-0.4, -0.2) is 50.3 Å². The summed E-state index contributed by atoms with van der Waals surface area (Å²) in [6.07, 6.45) is 21.7. The number of nitro benzene ring substituents is 1. The largest absolute Gasteiger partial charge is 0.494 e. The predicted octanol–water partition coefficient (Wildman–Crippen LogP) is 15.7. The zero-order valence-electron chi connectivity index (χ0n) is 40.9. The molecule has 3 rings (SSSR count). The Morgan fingerprint density at radius 3 is 1.63 bits per heavy atom. The lowest BCUT2D eigenvalue weighted by molar-refractivity contribution is -0.384. The number of hydrogen-bond acceptors (Lipinski definition) is 12. The van der Waals surface area contributed by atoms with Crippen molar-refractivity contribution in [2.75, 3.05) is 38.3 Å². The Balaban J connectivity index is 1.39. The van der Waals surface area contributed by atoms with E-state index in [1.54, 1.807) is 12.1 Å². The number of aryl methyl sites for hydroxylation is 1. The second kappa shape index (κ2) is 29.4. The van der Waals surface area contributed by atoms with E-state index < -0.39 is 15.8 Å². The lowest BCUT2D eigenvalue weighted by Gasteiger charge is -2.34. The van der Waals surface area contributed by atoms with Crippen molar-refractivity contribution in [1.29, 1.82) is 0 Å². The third kappa shape index (κ3) is 19.4. The zero-order chi connectivity index (χ0) is 47.5. The second-order valence-corrected chi connectivity index (χ2v) is 18.1. The average Bonchev–Trinajstić information content (AvgIpc) is 3.30. The van der Waals surface area contributed by atoms with E-state index in [0.29, 0.717) is 61.0 Å². The molecular weight excluding hydrogens is 821 g/mol. The number of carbonyl (C=O) groups excluding carboxylic acids is 2. The second-order valence-electron chi connectivity index (χ2n) is 18.1. The van der Waals surface area contributed by atoms with E-state index in [0.717, 1.165) is 24.1 Å². The van der Waals surface area contributed by atoms with E-state index in [4.69, 9.17) is 14.2 Å². The first kappa shape index (κ1) is 54.1. The maximum absolute atomic E-state index is 13.4. The molecule has 0 aliphatic heterocycles. The lowest BCUT2D eigenvalue weighted by Crippen LogP contribution is -2.39. The van der Waals surface area contributed by atoms with Crippen LogP contribution in [0.4, 0.5) is 34.1 Å². The molecule has 0 aromatic heterocycles. The van der Waals surface area contributed by atoms with Gasteiger partial charge in [-0.1, -0.05) is 110 Å². The number of ether oxygens (including phenoxy) is 3. The summed E-state index contributed by atoms with van der Waals surface area (Å²) < 4.78 is 17.1. The zero-order valence-corrected chi connectivity index (χ0v) is 40.9. The third-order valence-electron chi connectivity index (χ3n) is 12.2. The first-order valence-electron chi connectivity index (χ1n) is 24.2. The van der Waals surface area contributed by atoms with Crippen molar-refractivity contribution in [3.05, 3.63) is 76.3 Å². The maximum atomic E-state index is 13.4. The number of hydrogen-bond donors (Lipinski definition) is 0. The highest BCUT2D eigenvalue weighted by atomic mass is 16.6. The van der Waals surface area contributed by atoms with Crippen LogP contribution in [0.1, 0.15) is 163 Å². The molecule has 358 valence electrons. The fraction of sp³-hybridized carbons (Fsp3) is 0.615. The Bertz CT molecular complexity index is 1930. The van der Waals surface area contributed by atoms with Crippen LogP contribution in [0, 0.1) is 27.9 Å². The molecule has 0 N–H and O–H groups in total. The summed E-state index contributed by atoms with van der Waals surface area (Å²) in [4.78, 5) is 39.3. The normalized spacial score (nSPS) is 12.7. The summed E-state index contributed by atoms with van der Waals surface area (Å²) in [7, 11) is 1.53. The molecule has 13 heteroatoms. The van der Waals surface area contributed by atoms with Crippen molar-refractivity contribution in [2.45, 2.75) is 164 Å². The van der Waals surface area contributed by atoms with Gasteiger partial charge in [-0.3, -0.25) is 19.7 Å². The van der Waals surface area contributed by atoms with Gasteiger partial charge in [0, 0.05) is 30.4 Å². The molecule has 0 radical (unpaired) electrons. The van der Waals surface area contributed by atoms with E-state index >= 15 is 0 Å². The van der Waals surface area contributed by atoms with Gasteiger partial charge < -0.3 is 19.1 Å². The highest BCUT2D eigenvalue weighted by Gasteiger charge is 2.43. The van der Waals surface area contributed by atoms with Crippen LogP contribution in [0.25, 0.3) is 0 Å². The van der Waals surface area contributed by atoms with Crippen LogP contribution >= 0.6 is 0 Å². The molecule has 3 aromatic carbocycles. The van der Waals surface area contributed by atoms with Crippen molar-refractivity contribution in [3.8, 4) is 5.75 Å². The molecule has 0 spiro atoms. The van der Waals surface area contributed by atoms with Gasteiger partial charge in [0.25, 0.3) is 5.69 Å². The molecule has 0 aliphatic carbocycles. The van der Waals surface area contributed by atoms with Crippen LogP contribution in [-0.2, 0) is 19.1 Å². The molecule has 0 fully saturated rings. The predicted molar refractivity (Wildman–Crippen MR) is 262 cm³/mol. The highest BCUT2D eigenvalue weighted by Crippen LogP contribution is 2.39. The Morgan fingerprint density at radius 2 is 1.14 bits per heavy atom. The molecule has 13 nitrogen and oxygen atoms in total. The van der Waals surface area contributed by atoms with Crippen LogP contribution < -0.4 is 9.64 Å². The van der Waals surface area contributed by atoms with Gasteiger partial charge >= 0.3 is 11.9 Å². The number of anilines is 1. The van der Waals surface area contributed by atoms with Gasteiger partial charge in [-0.15, -0.1) is 5.11 Å². The van der Waals surface area contributed by atoms with Crippen molar-refractivity contribution < 1.29 is 28.7 Å². The van der Waals surface area contributed by atoms with Crippen LogP contribution in [0.15, 0.2) is 81.1 Å². The van der Waals surface area contributed by atoms with Crippen molar-refractivity contribution >= 4 is 46.1 Å². The number of nitrogens with zero attached hydrogens (tertiary/aromatic N) is 6. The van der Waals surface area contributed by atoms with Crippen LogP contribution in [0.3, 0.4) is 0 Å². The van der Waals surface area contributed by atoms with E-state index in [1.165, 1.54) is 121 Å². The average molecular weight is 899 g/mol. The Kier molecular flexibility index (Phi) is 24.5. The fourth-order valence-electron chi connectivity index (χ4n) is 7.90. The lowest BCUT2D eigenvalue weighted by atomic mass is 9.72. The minimum atomic E-state index is -0.871. The van der Waals surface area contributed by atoms with E-state index in [9.17, 15) is 19.7 Å². The first-order valence-corrected chi connectivity index (χ1v) is 24.2. The van der Waals surface area contributed by atoms with Gasteiger partial charge in [0.2, 0.25) is 0 Å². The monoisotopic (exact) mass is 899 g/mol. The SMILES string of the molecule is CCCCCCCCCCCCCCCCCCOC(=O)C(C)(CC)CC(C)(C)C(=O)OCCN(CC)c1ccc(N=Nc2cc(OC)c(N=Nc3ccc([N+](=O)[O-])cc3)cc2C)cc1. The smallest absolute Gasteiger partial charge is 0.311 e. The Morgan fingerprint density at radius 1 is 0.646 bits per heavy atom. The van der Waals surface area contributed by atoms with Gasteiger partial charge in [0.1, 0.15) is 18.0 Å². The van der Waals surface area contributed by atoms with E-state index in [1.807, 2.05) is 65.8 Å². The number of azo groups is 2. The maximum Gasteiger partial charge on any atom is 0.311 e. The molecule has 3 aromatic rings. The standard InChI is InChI=1S/C52H78N6O7/c1-9-12-13-14-15-16-17-18-19-20-21-22-23-24-25-26-36-64-50(60)52(7,10-2)40-51(5,6)49(59)65-37-35-57(11-3)44-31-27-42(28-32-44)53-55-46-39-48(63-8)47(38-41(46)4)56-54-43-29-33-45(34-30-43)58(61)62/h27-34,38-39H,9-26,35-37,40H2,1-8H3. The molecule has 0 bridgehead atoms. The number of nitro groups is 1. The summed E-state index contributed by atoms with van der Waals surface area (Å²) in [6, 6.07) is 17.0. The highest BCUT2D eigenvalue weighted by molar-refractivity contribution is 5.80. The number of carbonyl (C=O) groups is 2. The summed E-state index contributed by atoms with van der Waals surface area (Å²) in [5, 5.41) is 28.3. The van der Waals surface area contributed by atoms with Crippen molar-refractivity contribution in [3.63, 3.8) is 0 Å². The number of non-ortho nitro benzene ring substituents is 1. The fourth-order valence-corrected chi connectivity index (χ4v) is 7.90. The molecule has 0 aliphatic rings. The topological polar surface area (TPSA) is 158 Å². The molecule has 65 heavy (non-hydrogen) atoms. The molecule has 1 unspecified atom stereocenters. The molecule has 0 heterocycles. The number of rotatable bonds is 33. The van der Waals surface area contributed by atoms with Crippen molar-refractivity contribution in [2.24, 2.45) is 31.3 Å². The third-order valence-corrected chi connectivity index (χ3v) is 12.2. The molecule has 1 atom stereocenters. The van der Waals surface area contributed by atoms with Gasteiger partial charge in [0.15, 0.2) is 0 Å². The number of likely N-dealkylation sites (N-methyl/N-ethyl adjacent to an activating group) is 1. The molecule has 0 saturated carbocycles. The Labute approximate surface area is 389 Å². The summed E-state index contributed by atoms with van der Waals surface area (Å²) in [5.74, 6) is -0.121. The first-order chi connectivity index (χ1) is 31.3. The Hall–Kier alpha value is -5.20.